The van der Waals surface area contributed by atoms with Crippen LogP contribution >= 0.6 is 0 Å². The van der Waals surface area contributed by atoms with Gasteiger partial charge in [0, 0.05) is 0 Å². The average molecular weight is 311 g/mol. The van der Waals surface area contributed by atoms with Crippen LogP contribution in [0, 0.1) is 10.1 Å². The first-order valence-electron chi connectivity index (χ1n) is 6.71. The van der Waals surface area contributed by atoms with Crippen LogP contribution in [0.2, 0.25) is 0 Å². The highest BCUT2D eigenvalue weighted by atomic mass is 16.6. The quantitative estimate of drug-likeness (QED) is 0.452. The molecule has 2 rings (SSSR count). The largest absolute Gasteiger partial charge is 0.492 e. The minimum Gasteiger partial charge on any atom is -0.492 e. The Hall–Kier alpha value is -2.51. The first-order chi connectivity index (χ1) is 10.5. The van der Waals surface area contributed by atoms with Crippen molar-refractivity contribution in [3.8, 4) is 17.2 Å². The number of benzene rings is 1. The van der Waals surface area contributed by atoms with E-state index in [9.17, 15) is 14.9 Å². The highest BCUT2D eigenvalue weighted by molar-refractivity contribution is 5.99. The third kappa shape index (κ3) is 2.76. The summed E-state index contributed by atoms with van der Waals surface area (Å²) in [5, 5.41) is 11.3. The SMILES string of the molecule is COC(=O)c1c([N+](=O)[O-])cc(OC)c(OC)c1OC1CCC1. The summed E-state index contributed by atoms with van der Waals surface area (Å²) in [6.07, 6.45) is 2.53. The number of hydrogen-bond donors (Lipinski definition) is 0. The fraction of sp³-hybridized carbons (Fsp3) is 0.500. The van der Waals surface area contributed by atoms with E-state index in [0.717, 1.165) is 32.4 Å². The number of esters is 1. The first kappa shape index (κ1) is 15.9. The fourth-order valence-corrected chi connectivity index (χ4v) is 2.16. The molecule has 0 radical (unpaired) electrons. The molecule has 1 aliphatic rings. The van der Waals surface area contributed by atoms with Gasteiger partial charge in [-0.15, -0.1) is 0 Å². The molecule has 0 aliphatic heterocycles. The number of nitrogens with zero attached hydrogens (tertiary/aromatic N) is 1. The minimum absolute atomic E-state index is 0.00917. The van der Waals surface area contributed by atoms with Crippen molar-refractivity contribution in [1.82, 2.24) is 0 Å². The smallest absolute Gasteiger partial charge is 0.348 e. The van der Waals surface area contributed by atoms with Gasteiger partial charge in [-0.25, -0.2) is 4.79 Å². The van der Waals surface area contributed by atoms with E-state index in [4.69, 9.17) is 14.2 Å². The summed E-state index contributed by atoms with van der Waals surface area (Å²) in [5.41, 5.74) is -0.712. The molecule has 1 aliphatic carbocycles. The topological polar surface area (TPSA) is 97.1 Å². The lowest BCUT2D eigenvalue weighted by Crippen LogP contribution is -2.26. The predicted octanol–water partition coefficient (Wildman–Crippen LogP) is 2.33. The zero-order valence-corrected chi connectivity index (χ0v) is 12.6. The standard InChI is InChI=1S/C14H17NO7/c1-19-10-7-9(15(17)18)11(14(16)21-3)13(12(10)20-2)22-8-5-4-6-8/h7-8H,4-6H2,1-3H3. The average Bonchev–Trinajstić information content (AvgIpc) is 2.48. The highest BCUT2D eigenvalue weighted by Crippen LogP contribution is 2.46. The van der Waals surface area contributed by atoms with Gasteiger partial charge in [0.05, 0.1) is 38.4 Å². The van der Waals surface area contributed by atoms with E-state index in [0.29, 0.717) is 0 Å². The molecule has 0 amide bonds. The maximum Gasteiger partial charge on any atom is 0.348 e. The monoisotopic (exact) mass is 311 g/mol. The Morgan fingerprint density at radius 3 is 2.32 bits per heavy atom. The van der Waals surface area contributed by atoms with Gasteiger partial charge in [0.1, 0.15) is 0 Å². The van der Waals surface area contributed by atoms with Crippen molar-refractivity contribution >= 4 is 11.7 Å². The number of hydrogen-bond acceptors (Lipinski definition) is 7. The summed E-state index contributed by atoms with van der Waals surface area (Å²) >= 11 is 0. The Balaban J connectivity index is 2.67. The Labute approximate surface area is 127 Å². The van der Waals surface area contributed by atoms with Crippen LogP contribution in [0.4, 0.5) is 5.69 Å². The molecule has 0 N–H and O–H groups in total. The maximum atomic E-state index is 12.0. The van der Waals surface area contributed by atoms with Crippen LogP contribution in [-0.2, 0) is 4.74 Å². The van der Waals surface area contributed by atoms with Crippen molar-refractivity contribution in [3.63, 3.8) is 0 Å². The van der Waals surface area contributed by atoms with E-state index in [2.05, 4.69) is 4.74 Å². The molecule has 0 aromatic heterocycles. The zero-order chi connectivity index (χ0) is 16.3. The lowest BCUT2D eigenvalue weighted by Gasteiger charge is -2.28. The van der Waals surface area contributed by atoms with E-state index in [1.165, 1.54) is 14.2 Å². The number of nitro benzene ring substituents is 1. The molecule has 0 heterocycles. The van der Waals surface area contributed by atoms with Gasteiger partial charge in [-0.3, -0.25) is 10.1 Å². The van der Waals surface area contributed by atoms with Crippen molar-refractivity contribution in [1.29, 1.82) is 0 Å². The molecule has 1 aromatic rings. The summed E-state index contributed by atoms with van der Waals surface area (Å²) < 4.78 is 20.7. The van der Waals surface area contributed by atoms with Crippen LogP contribution in [0.1, 0.15) is 29.6 Å². The molecule has 120 valence electrons. The molecule has 8 nitrogen and oxygen atoms in total. The van der Waals surface area contributed by atoms with Gasteiger partial charge in [0.15, 0.2) is 17.1 Å². The van der Waals surface area contributed by atoms with Gasteiger partial charge < -0.3 is 18.9 Å². The number of carbonyl (C=O) groups is 1. The second-order valence-corrected chi connectivity index (χ2v) is 4.75. The van der Waals surface area contributed by atoms with Crippen LogP contribution in [0.3, 0.4) is 0 Å². The molecule has 0 spiro atoms. The van der Waals surface area contributed by atoms with Crippen LogP contribution in [0.5, 0.6) is 17.2 Å². The van der Waals surface area contributed by atoms with Crippen LogP contribution in [0.25, 0.3) is 0 Å². The number of carbonyl (C=O) groups excluding carboxylic acids is 1. The summed E-state index contributed by atoms with van der Waals surface area (Å²) in [4.78, 5) is 22.6. The lowest BCUT2D eigenvalue weighted by atomic mass is 9.96. The van der Waals surface area contributed by atoms with Crippen LogP contribution in [0.15, 0.2) is 6.07 Å². The Morgan fingerprint density at radius 2 is 1.91 bits per heavy atom. The molecule has 0 unspecified atom stereocenters. The molecule has 1 aromatic carbocycles. The number of methoxy groups -OCH3 is 3. The van der Waals surface area contributed by atoms with Crippen molar-refractivity contribution in [2.24, 2.45) is 0 Å². The second-order valence-electron chi connectivity index (χ2n) is 4.75. The van der Waals surface area contributed by atoms with Gasteiger partial charge in [0.25, 0.3) is 5.69 Å². The van der Waals surface area contributed by atoms with Crippen molar-refractivity contribution < 1.29 is 28.7 Å². The third-order valence-electron chi connectivity index (χ3n) is 3.53. The normalized spacial score (nSPS) is 14.0. The summed E-state index contributed by atoms with van der Waals surface area (Å²) in [5.74, 6) is -0.608. The van der Waals surface area contributed by atoms with Gasteiger partial charge in [-0.2, -0.15) is 0 Å². The second kappa shape index (κ2) is 6.50. The van der Waals surface area contributed by atoms with Crippen molar-refractivity contribution in [2.75, 3.05) is 21.3 Å². The van der Waals surface area contributed by atoms with Crippen molar-refractivity contribution in [2.45, 2.75) is 25.4 Å². The summed E-state index contributed by atoms with van der Waals surface area (Å²) in [6, 6.07) is 1.12. The van der Waals surface area contributed by atoms with E-state index < -0.39 is 16.6 Å². The van der Waals surface area contributed by atoms with Crippen LogP contribution < -0.4 is 14.2 Å². The molecular formula is C14H17NO7. The number of ether oxygens (including phenoxy) is 4. The molecule has 0 atom stereocenters. The van der Waals surface area contributed by atoms with E-state index in [-0.39, 0.29) is 28.9 Å². The Kier molecular flexibility index (Phi) is 4.69. The first-order valence-corrected chi connectivity index (χ1v) is 6.71. The zero-order valence-electron chi connectivity index (χ0n) is 12.6. The van der Waals surface area contributed by atoms with E-state index in [1.54, 1.807) is 0 Å². The van der Waals surface area contributed by atoms with Crippen LogP contribution in [-0.4, -0.2) is 38.3 Å². The number of nitro groups is 1. The van der Waals surface area contributed by atoms with Crippen molar-refractivity contribution in [3.05, 3.63) is 21.7 Å². The molecule has 1 fully saturated rings. The van der Waals surface area contributed by atoms with E-state index in [1.807, 2.05) is 0 Å². The molecule has 0 saturated heterocycles. The predicted molar refractivity (Wildman–Crippen MR) is 75.8 cm³/mol. The van der Waals surface area contributed by atoms with Gasteiger partial charge in [0.2, 0.25) is 5.75 Å². The van der Waals surface area contributed by atoms with Gasteiger partial charge in [-0.1, -0.05) is 0 Å². The molecule has 1 saturated carbocycles. The molecule has 8 heteroatoms. The maximum absolute atomic E-state index is 12.0. The Morgan fingerprint density at radius 1 is 1.23 bits per heavy atom. The Bertz CT molecular complexity index is 595. The fourth-order valence-electron chi connectivity index (χ4n) is 2.16. The minimum atomic E-state index is -0.859. The van der Waals surface area contributed by atoms with E-state index >= 15 is 0 Å². The lowest BCUT2D eigenvalue weighted by molar-refractivity contribution is -0.385. The highest BCUT2D eigenvalue weighted by Gasteiger charge is 2.35. The number of rotatable bonds is 6. The van der Waals surface area contributed by atoms with Gasteiger partial charge in [-0.05, 0) is 19.3 Å². The summed E-state index contributed by atoms with van der Waals surface area (Å²) in [7, 11) is 3.88. The molecule has 0 bridgehead atoms. The molecular weight excluding hydrogens is 294 g/mol. The third-order valence-corrected chi connectivity index (χ3v) is 3.53. The van der Waals surface area contributed by atoms with Gasteiger partial charge >= 0.3 is 5.97 Å². The summed E-state index contributed by atoms with van der Waals surface area (Å²) in [6.45, 7) is 0. The molecule has 22 heavy (non-hydrogen) atoms.